The highest BCUT2D eigenvalue weighted by Gasteiger charge is 2.28. The molecule has 126 valence electrons. The number of nitrogens with two attached hydrogens (primary N) is 2. The molecule has 0 bridgehead atoms. The number of hydrogen-bond donors (Lipinski definition) is 2. The summed E-state index contributed by atoms with van der Waals surface area (Å²) < 4.78 is 5.34. The standard InChI is InChI=1S/C17H20N4O3/c1-24-13-3-2-12(18)14-11(13)4-7-20-15(14)17(23)21-8-5-10(6-9-21)16(19)22/h2-4,7,10H,5-6,8-9,18H2,1H3,(H2,19,22). The number of likely N-dealkylation sites (tertiary alicyclic amines) is 1. The lowest BCUT2D eigenvalue weighted by molar-refractivity contribution is -0.123. The lowest BCUT2D eigenvalue weighted by Gasteiger charge is -2.30. The van der Waals surface area contributed by atoms with Crippen LogP contribution in [0.5, 0.6) is 5.75 Å². The lowest BCUT2D eigenvalue weighted by atomic mass is 9.96. The number of amides is 2. The molecule has 2 heterocycles. The fourth-order valence-electron chi connectivity index (χ4n) is 3.15. The van der Waals surface area contributed by atoms with Crippen molar-refractivity contribution in [2.24, 2.45) is 11.7 Å². The van der Waals surface area contributed by atoms with Crippen LogP contribution in [0.15, 0.2) is 24.4 Å². The van der Waals surface area contributed by atoms with Crippen LogP contribution >= 0.6 is 0 Å². The van der Waals surface area contributed by atoms with E-state index in [2.05, 4.69) is 4.98 Å². The second kappa shape index (κ2) is 6.35. The van der Waals surface area contributed by atoms with Crippen molar-refractivity contribution in [2.75, 3.05) is 25.9 Å². The van der Waals surface area contributed by atoms with Gasteiger partial charge in [-0.3, -0.25) is 14.6 Å². The molecule has 1 fully saturated rings. The number of ether oxygens (including phenoxy) is 1. The maximum atomic E-state index is 12.9. The van der Waals surface area contributed by atoms with Crippen LogP contribution < -0.4 is 16.2 Å². The molecular weight excluding hydrogens is 308 g/mol. The average Bonchev–Trinajstić information content (AvgIpc) is 2.61. The summed E-state index contributed by atoms with van der Waals surface area (Å²) >= 11 is 0. The Kier molecular flexibility index (Phi) is 4.24. The number of carbonyl (C=O) groups is 2. The van der Waals surface area contributed by atoms with E-state index in [-0.39, 0.29) is 17.7 Å². The smallest absolute Gasteiger partial charge is 0.273 e. The van der Waals surface area contributed by atoms with Crippen molar-refractivity contribution in [1.29, 1.82) is 0 Å². The van der Waals surface area contributed by atoms with E-state index in [1.165, 1.54) is 0 Å². The molecule has 1 aliphatic heterocycles. The van der Waals surface area contributed by atoms with Crippen LogP contribution in [0, 0.1) is 5.92 Å². The largest absolute Gasteiger partial charge is 0.496 e. The van der Waals surface area contributed by atoms with Crippen molar-refractivity contribution in [1.82, 2.24) is 9.88 Å². The number of primary amides is 1. The van der Waals surface area contributed by atoms with Gasteiger partial charge in [-0.25, -0.2) is 0 Å². The van der Waals surface area contributed by atoms with Gasteiger partial charge in [0, 0.05) is 41.7 Å². The second-order valence-electron chi connectivity index (χ2n) is 5.91. The molecule has 1 aliphatic rings. The molecule has 3 rings (SSSR count). The zero-order valence-corrected chi connectivity index (χ0v) is 13.5. The van der Waals surface area contributed by atoms with Crippen LogP contribution in [0.1, 0.15) is 23.3 Å². The number of aromatic nitrogens is 1. The average molecular weight is 328 g/mol. The summed E-state index contributed by atoms with van der Waals surface area (Å²) in [7, 11) is 1.57. The molecule has 1 saturated heterocycles. The molecule has 4 N–H and O–H groups in total. The van der Waals surface area contributed by atoms with Gasteiger partial charge in [0.1, 0.15) is 11.4 Å². The zero-order chi connectivity index (χ0) is 17.3. The second-order valence-corrected chi connectivity index (χ2v) is 5.91. The van der Waals surface area contributed by atoms with E-state index in [0.29, 0.717) is 48.4 Å². The van der Waals surface area contributed by atoms with Crippen LogP contribution in [-0.4, -0.2) is 41.9 Å². The molecule has 0 radical (unpaired) electrons. The first-order chi connectivity index (χ1) is 11.5. The Morgan fingerprint density at radius 1 is 1.25 bits per heavy atom. The summed E-state index contributed by atoms with van der Waals surface area (Å²) in [5, 5.41) is 1.35. The van der Waals surface area contributed by atoms with Crippen LogP contribution in [-0.2, 0) is 4.79 Å². The van der Waals surface area contributed by atoms with E-state index in [1.807, 2.05) is 0 Å². The van der Waals surface area contributed by atoms with Crippen LogP contribution in [0.3, 0.4) is 0 Å². The maximum Gasteiger partial charge on any atom is 0.273 e. The molecule has 0 atom stereocenters. The monoisotopic (exact) mass is 328 g/mol. The summed E-state index contributed by atoms with van der Waals surface area (Å²) in [6, 6.07) is 5.25. The number of methoxy groups -OCH3 is 1. The van der Waals surface area contributed by atoms with Crippen molar-refractivity contribution in [3.8, 4) is 5.75 Å². The van der Waals surface area contributed by atoms with E-state index in [1.54, 1.807) is 36.4 Å². The Morgan fingerprint density at radius 2 is 1.96 bits per heavy atom. The van der Waals surface area contributed by atoms with Gasteiger partial charge >= 0.3 is 0 Å². The van der Waals surface area contributed by atoms with Gasteiger partial charge in [-0.2, -0.15) is 0 Å². The number of piperidine rings is 1. The molecule has 1 aromatic heterocycles. The van der Waals surface area contributed by atoms with E-state index in [4.69, 9.17) is 16.2 Å². The van der Waals surface area contributed by atoms with Gasteiger partial charge in [0.2, 0.25) is 5.91 Å². The summed E-state index contributed by atoms with van der Waals surface area (Å²) in [4.78, 5) is 30.1. The van der Waals surface area contributed by atoms with Crippen LogP contribution in [0.4, 0.5) is 5.69 Å². The Bertz CT molecular complexity index is 798. The van der Waals surface area contributed by atoms with Gasteiger partial charge in [-0.15, -0.1) is 0 Å². The Morgan fingerprint density at radius 3 is 2.58 bits per heavy atom. The first-order valence-corrected chi connectivity index (χ1v) is 7.82. The number of nitrogen functional groups attached to an aromatic ring is 1. The van der Waals surface area contributed by atoms with Crippen LogP contribution in [0.2, 0.25) is 0 Å². The van der Waals surface area contributed by atoms with Crippen LogP contribution in [0.25, 0.3) is 10.8 Å². The third-order valence-electron chi connectivity index (χ3n) is 4.53. The molecule has 0 spiro atoms. The maximum absolute atomic E-state index is 12.9. The first kappa shape index (κ1) is 16.0. The Labute approximate surface area is 139 Å². The summed E-state index contributed by atoms with van der Waals surface area (Å²) in [5.41, 5.74) is 12.2. The van der Waals surface area contributed by atoms with Gasteiger partial charge in [0.15, 0.2) is 0 Å². The fourth-order valence-corrected chi connectivity index (χ4v) is 3.15. The minimum Gasteiger partial charge on any atom is -0.496 e. The molecule has 0 saturated carbocycles. The predicted octanol–water partition coefficient (Wildman–Crippen LogP) is 1.16. The van der Waals surface area contributed by atoms with Crippen molar-refractivity contribution < 1.29 is 14.3 Å². The van der Waals surface area contributed by atoms with Gasteiger partial charge in [0.05, 0.1) is 7.11 Å². The number of rotatable bonds is 3. The normalized spacial score (nSPS) is 15.5. The van der Waals surface area contributed by atoms with Crippen molar-refractivity contribution in [3.63, 3.8) is 0 Å². The number of carbonyl (C=O) groups excluding carboxylic acids is 2. The number of anilines is 1. The summed E-state index contributed by atoms with van der Waals surface area (Å²) in [6.07, 6.45) is 2.73. The summed E-state index contributed by atoms with van der Waals surface area (Å²) in [5.74, 6) is -0.0226. The van der Waals surface area contributed by atoms with E-state index >= 15 is 0 Å². The minimum absolute atomic E-state index is 0.167. The Balaban J connectivity index is 1.95. The number of pyridine rings is 1. The Hall–Kier alpha value is -2.83. The SMILES string of the molecule is COc1ccc(N)c2c(C(=O)N3CCC(C(N)=O)CC3)nccc12. The quantitative estimate of drug-likeness (QED) is 0.821. The lowest BCUT2D eigenvalue weighted by Crippen LogP contribution is -2.42. The number of nitrogens with zero attached hydrogens (tertiary/aromatic N) is 2. The molecule has 2 aromatic rings. The van der Waals surface area contributed by atoms with Gasteiger partial charge in [-0.05, 0) is 31.0 Å². The zero-order valence-electron chi connectivity index (χ0n) is 13.5. The topological polar surface area (TPSA) is 112 Å². The highest BCUT2D eigenvalue weighted by molar-refractivity contribution is 6.11. The minimum atomic E-state index is -0.306. The van der Waals surface area contributed by atoms with Gasteiger partial charge in [0.25, 0.3) is 5.91 Å². The van der Waals surface area contributed by atoms with Crippen molar-refractivity contribution in [2.45, 2.75) is 12.8 Å². The predicted molar refractivity (Wildman–Crippen MR) is 90.5 cm³/mol. The van der Waals surface area contributed by atoms with Crippen molar-refractivity contribution >= 4 is 28.3 Å². The molecule has 1 aromatic carbocycles. The molecule has 2 amide bonds. The third-order valence-corrected chi connectivity index (χ3v) is 4.53. The molecule has 7 nitrogen and oxygen atoms in total. The van der Waals surface area contributed by atoms with E-state index < -0.39 is 0 Å². The number of fused-ring (bicyclic) bond motifs is 1. The molecule has 24 heavy (non-hydrogen) atoms. The molecule has 0 unspecified atom stereocenters. The molecule has 0 aliphatic carbocycles. The summed E-state index contributed by atoms with van der Waals surface area (Å²) in [6.45, 7) is 0.961. The first-order valence-electron chi connectivity index (χ1n) is 7.82. The fraction of sp³-hybridized carbons (Fsp3) is 0.353. The molecule has 7 heteroatoms. The highest BCUT2D eigenvalue weighted by atomic mass is 16.5. The number of benzene rings is 1. The highest BCUT2D eigenvalue weighted by Crippen LogP contribution is 2.32. The molecular formula is C17H20N4O3. The number of hydrogen-bond acceptors (Lipinski definition) is 5. The van der Waals surface area contributed by atoms with E-state index in [9.17, 15) is 9.59 Å². The van der Waals surface area contributed by atoms with Gasteiger partial charge in [-0.1, -0.05) is 0 Å². The van der Waals surface area contributed by atoms with E-state index in [0.717, 1.165) is 5.39 Å². The third kappa shape index (κ3) is 2.73. The van der Waals surface area contributed by atoms with Gasteiger partial charge < -0.3 is 21.1 Å². The van der Waals surface area contributed by atoms with Crippen molar-refractivity contribution in [3.05, 3.63) is 30.1 Å².